The maximum atomic E-state index is 15.2. The van der Waals surface area contributed by atoms with E-state index in [1.807, 2.05) is 0 Å². The summed E-state index contributed by atoms with van der Waals surface area (Å²) in [6, 6.07) is 7.29. The van der Waals surface area contributed by atoms with Gasteiger partial charge in [-0.15, -0.1) is 10.2 Å². The lowest BCUT2D eigenvalue weighted by molar-refractivity contribution is -0.190. The molecule has 0 N–H and O–H groups in total. The smallest absolute Gasteiger partial charge is 0.404 e. The fraction of sp³-hybridized carbons (Fsp3) is 0.320. The molecule has 0 spiro atoms. The standard InChI is InChI=1S/C25H20F5N5O/c1-14-32-33-23-31-22(19-17(35(14)23)9-8-16(26)20(19)27)34-12-5-13-36-21-15(6-4-7-18(21)34)10-11-24(2,3)25(28,29)30/h4,6-9H,5,12-13H2,1-3H3. The maximum Gasteiger partial charge on any atom is 0.404 e. The van der Waals surface area contributed by atoms with Crippen molar-refractivity contribution in [3.8, 4) is 17.6 Å². The van der Waals surface area contributed by atoms with Crippen LogP contribution in [0.3, 0.4) is 0 Å². The number of nitrogens with zero attached hydrogens (tertiary/aromatic N) is 5. The Kier molecular flexibility index (Phi) is 5.50. The number of fused-ring (bicyclic) bond motifs is 4. The summed E-state index contributed by atoms with van der Waals surface area (Å²) in [5, 5.41) is 7.98. The van der Waals surface area contributed by atoms with E-state index in [0.717, 1.165) is 19.9 Å². The third-order valence-electron chi connectivity index (χ3n) is 6.08. The molecule has 11 heteroatoms. The quantitative estimate of drug-likeness (QED) is 0.247. The molecular weight excluding hydrogens is 481 g/mol. The second-order valence-corrected chi connectivity index (χ2v) is 8.95. The van der Waals surface area contributed by atoms with Crippen LogP contribution in [0.25, 0.3) is 16.7 Å². The van der Waals surface area contributed by atoms with Gasteiger partial charge in [0.05, 0.1) is 28.8 Å². The monoisotopic (exact) mass is 501 g/mol. The molecule has 1 aliphatic heterocycles. The summed E-state index contributed by atoms with van der Waals surface area (Å²) in [7, 11) is 0. The fourth-order valence-corrected chi connectivity index (χ4v) is 4.01. The van der Waals surface area contributed by atoms with E-state index in [9.17, 15) is 17.6 Å². The molecule has 0 saturated carbocycles. The van der Waals surface area contributed by atoms with Crippen LogP contribution in [-0.4, -0.2) is 38.9 Å². The van der Waals surface area contributed by atoms with Crippen LogP contribution in [-0.2, 0) is 0 Å². The van der Waals surface area contributed by atoms with Crippen LogP contribution in [0.1, 0.15) is 31.7 Å². The summed E-state index contributed by atoms with van der Waals surface area (Å²) < 4.78 is 77.1. The Hall–Kier alpha value is -3.94. The Labute approximate surface area is 202 Å². The van der Waals surface area contributed by atoms with Crippen molar-refractivity contribution < 1.29 is 26.7 Å². The molecule has 0 atom stereocenters. The number of ether oxygens (including phenoxy) is 1. The second-order valence-electron chi connectivity index (χ2n) is 8.95. The first kappa shape index (κ1) is 23.8. The van der Waals surface area contributed by atoms with E-state index in [-0.39, 0.29) is 34.9 Å². The molecule has 0 unspecified atom stereocenters. The molecule has 5 rings (SSSR count). The molecule has 4 aromatic rings. The zero-order valence-corrected chi connectivity index (χ0v) is 19.5. The van der Waals surface area contributed by atoms with Crippen molar-refractivity contribution in [2.75, 3.05) is 18.1 Å². The van der Waals surface area contributed by atoms with Crippen molar-refractivity contribution in [2.45, 2.75) is 33.4 Å². The number of anilines is 2. The molecule has 2 aromatic heterocycles. The van der Waals surface area contributed by atoms with E-state index in [0.29, 0.717) is 30.0 Å². The number of rotatable bonds is 1. The van der Waals surface area contributed by atoms with Crippen molar-refractivity contribution in [3.05, 3.63) is 53.4 Å². The van der Waals surface area contributed by atoms with Crippen LogP contribution in [0.4, 0.5) is 33.5 Å². The Bertz CT molecular complexity index is 1560. The van der Waals surface area contributed by atoms with Gasteiger partial charge in [-0.05, 0) is 51.5 Å². The molecule has 1 aliphatic rings. The predicted molar refractivity (Wildman–Crippen MR) is 123 cm³/mol. The van der Waals surface area contributed by atoms with E-state index in [2.05, 4.69) is 27.0 Å². The third-order valence-corrected chi connectivity index (χ3v) is 6.08. The zero-order valence-electron chi connectivity index (χ0n) is 19.5. The van der Waals surface area contributed by atoms with Crippen LogP contribution >= 0.6 is 0 Å². The summed E-state index contributed by atoms with van der Waals surface area (Å²) in [5.41, 5.74) is -1.25. The molecule has 0 bridgehead atoms. The zero-order chi connectivity index (χ0) is 25.8. The SMILES string of the molecule is Cc1nnc2nc(N3CCCOc4c(C#CC(C)(C)C(F)(F)F)cccc43)c3c(F)c(F)ccc3n12. The summed E-state index contributed by atoms with van der Waals surface area (Å²) in [6.45, 7) is 4.23. The van der Waals surface area contributed by atoms with Crippen molar-refractivity contribution >= 4 is 28.2 Å². The largest absolute Gasteiger partial charge is 0.490 e. The van der Waals surface area contributed by atoms with Gasteiger partial charge in [-0.1, -0.05) is 17.9 Å². The van der Waals surface area contributed by atoms with Crippen LogP contribution < -0.4 is 9.64 Å². The van der Waals surface area contributed by atoms with Crippen LogP contribution in [0.5, 0.6) is 5.75 Å². The molecule has 0 amide bonds. The van der Waals surface area contributed by atoms with Gasteiger partial charge in [-0.25, -0.2) is 8.78 Å². The highest BCUT2D eigenvalue weighted by Gasteiger charge is 2.46. The van der Waals surface area contributed by atoms with Crippen molar-refractivity contribution in [1.82, 2.24) is 19.6 Å². The Balaban J connectivity index is 1.74. The van der Waals surface area contributed by atoms with Gasteiger partial charge in [-0.3, -0.25) is 4.40 Å². The fourth-order valence-electron chi connectivity index (χ4n) is 4.01. The number of aromatic nitrogens is 4. The van der Waals surface area contributed by atoms with E-state index in [4.69, 9.17) is 4.74 Å². The van der Waals surface area contributed by atoms with E-state index >= 15 is 4.39 Å². The van der Waals surface area contributed by atoms with Gasteiger partial charge in [0.2, 0.25) is 0 Å². The lowest BCUT2D eigenvalue weighted by Crippen LogP contribution is -2.30. The number of benzene rings is 2. The van der Waals surface area contributed by atoms with Gasteiger partial charge < -0.3 is 9.64 Å². The molecule has 0 radical (unpaired) electrons. The molecule has 36 heavy (non-hydrogen) atoms. The molecule has 6 nitrogen and oxygen atoms in total. The number of hydrogen-bond donors (Lipinski definition) is 0. The Morgan fingerprint density at radius 1 is 1.06 bits per heavy atom. The number of alkyl halides is 3. The van der Waals surface area contributed by atoms with Crippen LogP contribution in [0.2, 0.25) is 0 Å². The van der Waals surface area contributed by atoms with Crippen molar-refractivity contribution in [3.63, 3.8) is 0 Å². The molecule has 3 heterocycles. The first-order chi connectivity index (χ1) is 17.0. The number of para-hydroxylation sites is 1. The Morgan fingerprint density at radius 3 is 2.58 bits per heavy atom. The summed E-state index contributed by atoms with van der Waals surface area (Å²) in [6.07, 6.45) is -4.04. The van der Waals surface area contributed by atoms with Crippen LogP contribution in [0, 0.1) is 35.8 Å². The average molecular weight is 501 g/mol. The molecule has 2 aromatic carbocycles. The topological polar surface area (TPSA) is 55.5 Å². The number of aryl methyl sites for hydroxylation is 1. The van der Waals surface area contributed by atoms with E-state index in [1.54, 1.807) is 30.0 Å². The highest BCUT2D eigenvalue weighted by Crippen LogP contribution is 2.42. The van der Waals surface area contributed by atoms with E-state index < -0.39 is 23.2 Å². The van der Waals surface area contributed by atoms with Gasteiger partial charge in [-0.2, -0.15) is 18.2 Å². The van der Waals surface area contributed by atoms with Gasteiger partial charge in [0.1, 0.15) is 17.1 Å². The number of halogens is 5. The van der Waals surface area contributed by atoms with Gasteiger partial charge in [0.25, 0.3) is 5.78 Å². The van der Waals surface area contributed by atoms with Crippen molar-refractivity contribution in [1.29, 1.82) is 0 Å². The lowest BCUT2D eigenvalue weighted by Gasteiger charge is -2.25. The minimum Gasteiger partial charge on any atom is -0.490 e. The minimum atomic E-state index is -4.52. The number of hydrogen-bond acceptors (Lipinski definition) is 5. The van der Waals surface area contributed by atoms with Gasteiger partial charge >= 0.3 is 6.18 Å². The normalized spacial score (nSPS) is 14.3. The first-order valence-electron chi connectivity index (χ1n) is 11.1. The summed E-state index contributed by atoms with van der Waals surface area (Å²) in [4.78, 5) is 6.16. The molecule has 0 saturated heterocycles. The minimum absolute atomic E-state index is 0.0760. The average Bonchev–Trinajstić information content (AvgIpc) is 3.06. The summed E-state index contributed by atoms with van der Waals surface area (Å²) >= 11 is 0. The molecule has 186 valence electrons. The molecule has 0 aliphatic carbocycles. The summed E-state index contributed by atoms with van der Waals surface area (Å²) in [5.74, 6) is 3.74. The van der Waals surface area contributed by atoms with Gasteiger partial charge in [0.15, 0.2) is 17.4 Å². The van der Waals surface area contributed by atoms with Crippen molar-refractivity contribution in [2.24, 2.45) is 5.41 Å². The first-order valence-corrected chi connectivity index (χ1v) is 11.1. The van der Waals surface area contributed by atoms with Gasteiger partial charge in [0, 0.05) is 6.54 Å². The molecule has 0 fully saturated rings. The maximum absolute atomic E-state index is 15.2. The lowest BCUT2D eigenvalue weighted by atomic mass is 9.93. The van der Waals surface area contributed by atoms with E-state index in [1.165, 1.54) is 10.5 Å². The van der Waals surface area contributed by atoms with Crippen LogP contribution in [0.15, 0.2) is 30.3 Å². The highest BCUT2D eigenvalue weighted by molar-refractivity contribution is 5.95. The highest BCUT2D eigenvalue weighted by atomic mass is 19.4. The second kappa shape index (κ2) is 8.33. The Morgan fingerprint density at radius 2 is 1.83 bits per heavy atom. The predicted octanol–water partition coefficient (Wildman–Crippen LogP) is 5.72. The third kappa shape index (κ3) is 3.77. The molecular formula is C25H20F5N5O.